The maximum Gasteiger partial charge on any atom is 0.278 e. The van der Waals surface area contributed by atoms with Crippen LogP contribution in [0.5, 0.6) is 0 Å². The number of pyridine rings is 1. The largest absolute Gasteiger partial charge is 0.365 e. The van der Waals surface area contributed by atoms with Gasteiger partial charge < -0.3 is 9.88 Å². The van der Waals surface area contributed by atoms with Crippen molar-refractivity contribution in [2.45, 2.75) is 6.54 Å². The van der Waals surface area contributed by atoms with Gasteiger partial charge in [-0.3, -0.25) is 19.9 Å². The molecule has 9 heteroatoms. The SMILES string of the molecule is CN(Cc1nc2ccsc2c(=O)[nH]1)c1ccc([N+](=O)[O-])c2cccnc12. The number of nitrogens with zero attached hydrogens (tertiary/aromatic N) is 4. The van der Waals surface area contributed by atoms with Crippen molar-refractivity contribution in [1.82, 2.24) is 15.0 Å². The first kappa shape index (κ1) is 16.2. The molecule has 0 atom stereocenters. The zero-order chi connectivity index (χ0) is 18.3. The molecular weight excluding hydrogens is 354 g/mol. The standard InChI is InChI=1S/C17H13N5O3S/c1-21(9-14-19-11-6-8-26-16(11)17(23)20-14)13-5-4-12(22(24)25)10-3-2-7-18-15(10)13/h2-8H,9H2,1H3,(H,19,20,23). The monoisotopic (exact) mass is 367 g/mol. The number of nitrogens with one attached hydrogen (secondary N) is 1. The number of fused-ring (bicyclic) bond motifs is 2. The number of hydrogen-bond acceptors (Lipinski definition) is 7. The average Bonchev–Trinajstić information content (AvgIpc) is 3.09. The third kappa shape index (κ3) is 2.68. The van der Waals surface area contributed by atoms with Crippen LogP contribution in [0.25, 0.3) is 21.1 Å². The van der Waals surface area contributed by atoms with E-state index in [1.807, 2.05) is 23.4 Å². The molecule has 4 aromatic rings. The second-order valence-corrected chi connectivity index (χ2v) is 6.68. The molecule has 0 aliphatic heterocycles. The molecule has 0 radical (unpaired) electrons. The topological polar surface area (TPSA) is 105 Å². The summed E-state index contributed by atoms with van der Waals surface area (Å²) in [5, 5.41) is 13.5. The summed E-state index contributed by atoms with van der Waals surface area (Å²) in [6.07, 6.45) is 1.60. The highest BCUT2D eigenvalue weighted by Crippen LogP contribution is 2.31. The number of H-pyrrole nitrogens is 1. The van der Waals surface area contributed by atoms with Crippen LogP contribution >= 0.6 is 11.3 Å². The van der Waals surface area contributed by atoms with Crippen molar-refractivity contribution in [3.05, 3.63) is 68.2 Å². The molecule has 4 rings (SSSR count). The zero-order valence-corrected chi connectivity index (χ0v) is 14.5. The summed E-state index contributed by atoms with van der Waals surface area (Å²) in [6.45, 7) is 0.338. The lowest BCUT2D eigenvalue weighted by atomic mass is 10.1. The molecule has 0 amide bonds. The van der Waals surface area contributed by atoms with Gasteiger partial charge >= 0.3 is 0 Å². The summed E-state index contributed by atoms with van der Waals surface area (Å²) in [4.78, 5) is 36.4. The van der Waals surface area contributed by atoms with Gasteiger partial charge in [0.25, 0.3) is 11.2 Å². The lowest BCUT2D eigenvalue weighted by Gasteiger charge is -2.20. The predicted molar refractivity (Wildman–Crippen MR) is 101 cm³/mol. The van der Waals surface area contributed by atoms with Gasteiger partial charge in [-0.2, -0.15) is 0 Å². The molecule has 0 saturated heterocycles. The zero-order valence-electron chi connectivity index (χ0n) is 13.7. The molecule has 8 nitrogen and oxygen atoms in total. The van der Waals surface area contributed by atoms with Crippen molar-refractivity contribution in [2.24, 2.45) is 0 Å². The fourth-order valence-corrected chi connectivity index (χ4v) is 3.64. The Morgan fingerprint density at radius 2 is 2.15 bits per heavy atom. The molecule has 0 saturated carbocycles. The van der Waals surface area contributed by atoms with Crippen molar-refractivity contribution in [3.63, 3.8) is 0 Å². The second kappa shape index (κ2) is 6.19. The van der Waals surface area contributed by atoms with E-state index in [0.717, 1.165) is 5.69 Å². The van der Waals surface area contributed by atoms with Crippen LogP contribution in [0, 0.1) is 10.1 Å². The van der Waals surface area contributed by atoms with E-state index in [2.05, 4.69) is 15.0 Å². The molecule has 0 bridgehead atoms. The molecule has 0 aliphatic rings. The summed E-state index contributed by atoms with van der Waals surface area (Å²) < 4.78 is 0.596. The molecule has 0 fully saturated rings. The number of nitro groups is 1. The van der Waals surface area contributed by atoms with Gasteiger partial charge in [0.2, 0.25) is 0 Å². The Morgan fingerprint density at radius 1 is 1.31 bits per heavy atom. The molecule has 0 aliphatic carbocycles. The maximum absolute atomic E-state index is 12.1. The van der Waals surface area contributed by atoms with E-state index in [0.29, 0.717) is 33.5 Å². The Labute approximate surface area is 150 Å². The first-order valence-electron chi connectivity index (χ1n) is 7.74. The fraction of sp³-hybridized carbons (Fsp3) is 0.118. The molecule has 0 spiro atoms. The summed E-state index contributed by atoms with van der Waals surface area (Å²) in [6, 6.07) is 8.28. The summed E-state index contributed by atoms with van der Waals surface area (Å²) in [5.74, 6) is 0.519. The van der Waals surface area contributed by atoms with Crippen LogP contribution in [-0.4, -0.2) is 26.9 Å². The molecule has 1 aromatic carbocycles. The van der Waals surface area contributed by atoms with Crippen molar-refractivity contribution < 1.29 is 4.92 Å². The van der Waals surface area contributed by atoms with E-state index < -0.39 is 4.92 Å². The molecular formula is C17H13N5O3S. The highest BCUT2D eigenvalue weighted by atomic mass is 32.1. The number of non-ortho nitro benzene ring substituents is 1. The Morgan fingerprint density at radius 3 is 2.96 bits per heavy atom. The lowest BCUT2D eigenvalue weighted by Crippen LogP contribution is -2.21. The third-order valence-corrected chi connectivity index (χ3v) is 4.99. The van der Waals surface area contributed by atoms with Crippen LogP contribution in [0.2, 0.25) is 0 Å². The van der Waals surface area contributed by atoms with E-state index in [1.165, 1.54) is 17.4 Å². The average molecular weight is 367 g/mol. The lowest BCUT2D eigenvalue weighted by molar-refractivity contribution is -0.383. The van der Waals surface area contributed by atoms with Gasteiger partial charge in [0.1, 0.15) is 16.0 Å². The summed E-state index contributed by atoms with van der Waals surface area (Å²) >= 11 is 1.35. The number of benzene rings is 1. The molecule has 130 valence electrons. The van der Waals surface area contributed by atoms with Crippen LogP contribution in [0.15, 0.2) is 46.7 Å². The molecule has 0 unspecified atom stereocenters. The molecule has 3 aromatic heterocycles. The number of anilines is 1. The quantitative estimate of drug-likeness (QED) is 0.439. The number of aromatic amines is 1. The second-order valence-electron chi connectivity index (χ2n) is 5.76. The molecule has 3 heterocycles. The Kier molecular flexibility index (Phi) is 3.85. The fourth-order valence-electron chi connectivity index (χ4n) is 2.92. The number of nitro benzene ring substituents is 1. The summed E-state index contributed by atoms with van der Waals surface area (Å²) in [5.41, 5.74) is 1.76. The van der Waals surface area contributed by atoms with Crippen LogP contribution < -0.4 is 10.5 Å². The Bertz CT molecular complexity index is 1200. The minimum Gasteiger partial charge on any atom is -0.365 e. The van der Waals surface area contributed by atoms with Gasteiger partial charge in [-0.1, -0.05) is 0 Å². The minimum absolute atomic E-state index is 0.0106. The predicted octanol–water partition coefficient (Wildman–Crippen LogP) is 3.08. The number of rotatable bonds is 4. The van der Waals surface area contributed by atoms with Gasteiger partial charge in [-0.05, 0) is 29.6 Å². The highest BCUT2D eigenvalue weighted by Gasteiger charge is 2.17. The minimum atomic E-state index is -0.419. The first-order chi connectivity index (χ1) is 12.5. The van der Waals surface area contributed by atoms with E-state index in [1.54, 1.807) is 24.4 Å². The van der Waals surface area contributed by atoms with E-state index in [4.69, 9.17) is 0 Å². The van der Waals surface area contributed by atoms with Gasteiger partial charge in [-0.25, -0.2) is 4.98 Å². The van der Waals surface area contributed by atoms with Crippen molar-refractivity contribution in [3.8, 4) is 0 Å². The van der Waals surface area contributed by atoms with Gasteiger partial charge in [0.15, 0.2) is 0 Å². The van der Waals surface area contributed by atoms with Crippen molar-refractivity contribution >= 4 is 43.8 Å². The number of aromatic nitrogens is 3. The van der Waals surface area contributed by atoms with E-state index in [-0.39, 0.29) is 11.2 Å². The smallest absolute Gasteiger partial charge is 0.278 e. The summed E-state index contributed by atoms with van der Waals surface area (Å²) in [7, 11) is 1.83. The van der Waals surface area contributed by atoms with Crippen LogP contribution in [0.4, 0.5) is 11.4 Å². The Hall–Kier alpha value is -3.33. The Balaban J connectivity index is 1.76. The van der Waals surface area contributed by atoms with E-state index in [9.17, 15) is 14.9 Å². The van der Waals surface area contributed by atoms with E-state index >= 15 is 0 Å². The highest BCUT2D eigenvalue weighted by molar-refractivity contribution is 7.17. The van der Waals surface area contributed by atoms with Crippen molar-refractivity contribution in [1.29, 1.82) is 0 Å². The van der Waals surface area contributed by atoms with Gasteiger partial charge in [0, 0.05) is 19.3 Å². The molecule has 1 N–H and O–H groups in total. The van der Waals surface area contributed by atoms with Crippen LogP contribution in [-0.2, 0) is 6.54 Å². The van der Waals surface area contributed by atoms with Crippen LogP contribution in [0.3, 0.4) is 0 Å². The maximum atomic E-state index is 12.1. The first-order valence-corrected chi connectivity index (χ1v) is 8.62. The molecule has 26 heavy (non-hydrogen) atoms. The third-order valence-electron chi connectivity index (χ3n) is 4.08. The number of thiophene rings is 1. The van der Waals surface area contributed by atoms with Gasteiger partial charge in [-0.15, -0.1) is 11.3 Å². The normalized spacial score (nSPS) is 11.1. The number of hydrogen-bond donors (Lipinski definition) is 1. The van der Waals surface area contributed by atoms with Crippen molar-refractivity contribution in [2.75, 3.05) is 11.9 Å². The van der Waals surface area contributed by atoms with Gasteiger partial charge in [0.05, 0.1) is 28.1 Å². The van der Waals surface area contributed by atoms with Crippen LogP contribution in [0.1, 0.15) is 5.82 Å².